The number of aromatic nitrogens is 1. The first-order valence-corrected chi connectivity index (χ1v) is 14.1. The van der Waals surface area contributed by atoms with Crippen LogP contribution in [0.2, 0.25) is 0 Å². The third-order valence-corrected chi connectivity index (χ3v) is 9.85. The molecule has 8 heteroatoms. The minimum absolute atomic E-state index is 0.00226. The Bertz CT molecular complexity index is 1340. The van der Waals surface area contributed by atoms with Gasteiger partial charge < -0.3 is 24.8 Å². The van der Waals surface area contributed by atoms with Crippen LogP contribution >= 0.6 is 0 Å². The summed E-state index contributed by atoms with van der Waals surface area (Å²) in [6.07, 6.45) is 9.03. The van der Waals surface area contributed by atoms with Gasteiger partial charge in [-0.2, -0.15) is 0 Å². The van der Waals surface area contributed by atoms with Gasteiger partial charge in [0, 0.05) is 36.7 Å². The Morgan fingerprint density at radius 3 is 2.79 bits per heavy atom. The molecule has 2 aromatic rings. The molecule has 5 aliphatic rings. The molecule has 3 heterocycles. The molecular formula is C30H36N2O6. The van der Waals surface area contributed by atoms with Gasteiger partial charge in [0.15, 0.2) is 17.4 Å². The van der Waals surface area contributed by atoms with E-state index in [9.17, 15) is 20.1 Å². The van der Waals surface area contributed by atoms with Crippen molar-refractivity contribution in [2.24, 2.45) is 5.92 Å². The first-order chi connectivity index (χ1) is 18.3. The summed E-state index contributed by atoms with van der Waals surface area (Å²) < 4.78 is 13.9. The summed E-state index contributed by atoms with van der Waals surface area (Å²) >= 11 is 0. The van der Waals surface area contributed by atoms with Gasteiger partial charge in [-0.1, -0.05) is 25.1 Å². The highest BCUT2D eigenvalue weighted by Gasteiger charge is 2.73. The number of hydrogen-bond donors (Lipinski definition) is 3. The lowest BCUT2D eigenvalue weighted by Crippen LogP contribution is -2.76. The number of allylic oxidation sites excluding steroid dienone is 1. The first-order valence-electron chi connectivity index (χ1n) is 14.1. The van der Waals surface area contributed by atoms with E-state index in [-0.39, 0.29) is 17.8 Å². The van der Waals surface area contributed by atoms with Crippen molar-refractivity contribution in [3.05, 3.63) is 41.0 Å². The summed E-state index contributed by atoms with van der Waals surface area (Å²) in [6.45, 7) is 5.25. The Kier molecular flexibility index (Phi) is 5.24. The fraction of sp³-hybridized carbons (Fsp3) is 0.567. The van der Waals surface area contributed by atoms with Gasteiger partial charge in [-0.25, -0.2) is 0 Å². The molecule has 3 fully saturated rings. The van der Waals surface area contributed by atoms with E-state index >= 15 is 0 Å². The molecule has 2 aliphatic heterocycles. The van der Waals surface area contributed by atoms with Crippen LogP contribution in [0, 0.1) is 5.92 Å². The van der Waals surface area contributed by atoms with Gasteiger partial charge >= 0.3 is 5.97 Å². The highest BCUT2D eigenvalue weighted by atomic mass is 16.6. The van der Waals surface area contributed by atoms with E-state index in [1.807, 2.05) is 31.2 Å². The van der Waals surface area contributed by atoms with Crippen LogP contribution in [0.1, 0.15) is 75.1 Å². The third kappa shape index (κ3) is 3.13. The maximum Gasteiger partial charge on any atom is 0.308 e. The van der Waals surface area contributed by atoms with Crippen molar-refractivity contribution in [1.82, 2.24) is 9.47 Å². The summed E-state index contributed by atoms with van der Waals surface area (Å²) in [5.41, 5.74) is 0.870. The molecule has 2 saturated carbocycles. The molecule has 2 bridgehead atoms. The molecular weight excluding hydrogens is 484 g/mol. The van der Waals surface area contributed by atoms with Crippen molar-refractivity contribution in [2.75, 3.05) is 13.1 Å². The van der Waals surface area contributed by atoms with Gasteiger partial charge in [0.2, 0.25) is 5.88 Å². The van der Waals surface area contributed by atoms with E-state index in [0.29, 0.717) is 42.2 Å². The zero-order valence-corrected chi connectivity index (χ0v) is 22.0. The molecule has 8 nitrogen and oxygen atoms in total. The number of piperidine rings is 1. The predicted molar refractivity (Wildman–Crippen MR) is 141 cm³/mol. The molecule has 3 aliphatic carbocycles. The lowest BCUT2D eigenvalue weighted by molar-refractivity contribution is -0.196. The number of carbonyl (C=O) groups excluding carboxylic acids is 1. The molecule has 1 aromatic carbocycles. The summed E-state index contributed by atoms with van der Waals surface area (Å²) in [6, 6.07) is 4.98. The fourth-order valence-corrected chi connectivity index (χ4v) is 8.16. The molecule has 5 atom stereocenters. The molecule has 38 heavy (non-hydrogen) atoms. The average molecular weight is 521 g/mol. The predicted octanol–water partition coefficient (Wildman–Crippen LogP) is 4.05. The van der Waals surface area contributed by atoms with Crippen LogP contribution in [0.5, 0.6) is 23.3 Å². The molecule has 0 amide bonds. The lowest BCUT2D eigenvalue weighted by Gasteiger charge is -2.64. The maximum absolute atomic E-state index is 12.7. The van der Waals surface area contributed by atoms with Crippen LogP contribution in [0.4, 0.5) is 0 Å². The van der Waals surface area contributed by atoms with E-state index in [0.717, 1.165) is 37.1 Å². The van der Waals surface area contributed by atoms with E-state index in [2.05, 4.69) is 4.90 Å². The molecule has 1 saturated heterocycles. The van der Waals surface area contributed by atoms with E-state index in [4.69, 9.17) is 9.47 Å². The fourth-order valence-electron chi connectivity index (χ4n) is 8.16. The Balaban J connectivity index is 1.39. The monoisotopic (exact) mass is 520 g/mol. The van der Waals surface area contributed by atoms with Gasteiger partial charge in [-0.15, -0.1) is 0 Å². The largest absolute Gasteiger partial charge is 0.494 e. The number of aliphatic hydroxyl groups is 1. The number of aromatic hydroxyl groups is 2. The Morgan fingerprint density at radius 1 is 1.24 bits per heavy atom. The van der Waals surface area contributed by atoms with Gasteiger partial charge in [0.05, 0.1) is 17.1 Å². The molecule has 1 spiro atoms. The summed E-state index contributed by atoms with van der Waals surface area (Å²) in [5.74, 6) is 1.16. The smallest absolute Gasteiger partial charge is 0.308 e. The van der Waals surface area contributed by atoms with E-state index < -0.39 is 29.1 Å². The topological polar surface area (TPSA) is 104 Å². The number of carbonyl (C=O) groups is 1. The van der Waals surface area contributed by atoms with Gasteiger partial charge in [0.1, 0.15) is 6.10 Å². The summed E-state index contributed by atoms with van der Waals surface area (Å²) in [5, 5.41) is 35.0. The van der Waals surface area contributed by atoms with E-state index in [1.165, 1.54) is 19.8 Å². The Morgan fingerprint density at radius 2 is 2.05 bits per heavy atom. The second-order valence-electron chi connectivity index (χ2n) is 11.9. The van der Waals surface area contributed by atoms with Crippen LogP contribution in [-0.2, 0) is 16.6 Å². The van der Waals surface area contributed by atoms with Crippen LogP contribution in [0.3, 0.4) is 0 Å². The maximum atomic E-state index is 12.7. The molecule has 202 valence electrons. The van der Waals surface area contributed by atoms with E-state index in [1.54, 1.807) is 10.6 Å². The zero-order valence-electron chi connectivity index (χ0n) is 22.0. The Hall–Kier alpha value is -2.97. The van der Waals surface area contributed by atoms with Crippen molar-refractivity contribution in [3.63, 3.8) is 0 Å². The molecule has 7 rings (SSSR count). The van der Waals surface area contributed by atoms with Gasteiger partial charge in [-0.3, -0.25) is 14.3 Å². The van der Waals surface area contributed by atoms with Crippen LogP contribution in [0.15, 0.2) is 24.3 Å². The number of likely N-dealkylation sites (tertiary alicyclic amines) is 1. The lowest BCUT2D eigenvalue weighted by atomic mass is 9.48. The van der Waals surface area contributed by atoms with Crippen LogP contribution in [0.25, 0.3) is 6.08 Å². The number of rotatable bonds is 6. The van der Waals surface area contributed by atoms with Gasteiger partial charge in [-0.05, 0) is 69.0 Å². The highest BCUT2D eigenvalue weighted by molar-refractivity contribution is 5.73. The van der Waals surface area contributed by atoms with Crippen molar-refractivity contribution in [3.8, 4) is 23.3 Å². The number of hydrogen-bond acceptors (Lipinski definition) is 7. The molecule has 0 radical (unpaired) electrons. The zero-order chi connectivity index (χ0) is 26.4. The molecule has 1 aromatic heterocycles. The SMILES string of the molecule is CCC=Cc1cc(O)n([C@@H]2CC[C@@]3(O)[C@H]4Cc5ccc(OC(C)=O)c6c5[C@@]3(CCN4CC3CC3)[C@H]2O6)c1O. The number of benzene rings is 1. The van der Waals surface area contributed by atoms with Crippen LogP contribution < -0.4 is 9.47 Å². The highest BCUT2D eigenvalue weighted by Crippen LogP contribution is 2.67. The van der Waals surface area contributed by atoms with Crippen molar-refractivity contribution < 1.29 is 29.6 Å². The number of nitrogens with zero attached hydrogens (tertiary/aromatic N) is 2. The first kappa shape index (κ1) is 24.1. The number of esters is 1. The Labute approximate surface area is 222 Å². The van der Waals surface area contributed by atoms with Crippen molar-refractivity contribution >= 4 is 12.0 Å². The van der Waals surface area contributed by atoms with Crippen LogP contribution in [-0.4, -0.2) is 61.6 Å². The molecule has 0 unspecified atom stereocenters. The quantitative estimate of drug-likeness (QED) is 0.390. The minimum Gasteiger partial charge on any atom is -0.494 e. The third-order valence-electron chi connectivity index (χ3n) is 9.85. The minimum atomic E-state index is -1.03. The second kappa shape index (κ2) is 8.26. The van der Waals surface area contributed by atoms with Crippen molar-refractivity contribution in [2.45, 2.75) is 88.0 Å². The average Bonchev–Trinajstić information content (AvgIpc) is 3.55. The van der Waals surface area contributed by atoms with Gasteiger partial charge in [0.25, 0.3) is 0 Å². The normalized spacial score (nSPS) is 33.3. The standard InChI is InChI=1S/C30H36N2O6/c1-3-4-5-20-15-24(34)32(28(20)35)21-10-11-30(36)23-14-19-8-9-22(37-17(2)33)26-25(19)29(30,27(21)38-26)12-13-31(23)16-18-6-7-18/h4-5,8-9,15,18,21,23,27,34-36H,3,6-7,10-14,16H2,1-2H3/t21-,23-,27+,29+,30-/m1/s1. The second-order valence-corrected chi connectivity index (χ2v) is 11.9. The van der Waals surface area contributed by atoms with Crippen molar-refractivity contribution in [1.29, 1.82) is 0 Å². The summed E-state index contributed by atoms with van der Waals surface area (Å²) in [7, 11) is 0. The number of ether oxygens (including phenoxy) is 2. The molecule has 3 N–H and O–H groups in total. The summed E-state index contributed by atoms with van der Waals surface area (Å²) in [4.78, 5) is 14.5.